The highest BCUT2D eigenvalue weighted by Gasteiger charge is 2.29. The van der Waals surface area contributed by atoms with Gasteiger partial charge >= 0.3 is 5.97 Å². The summed E-state index contributed by atoms with van der Waals surface area (Å²) in [5, 5.41) is 11.7. The van der Waals surface area contributed by atoms with Gasteiger partial charge in [-0.25, -0.2) is 8.78 Å². The molecule has 0 aliphatic carbocycles. The second kappa shape index (κ2) is 7.15. The van der Waals surface area contributed by atoms with Crippen LogP contribution in [0.15, 0.2) is 18.2 Å². The number of halogens is 2. The molecular formula is C17H22F2N2O3. The number of nitrogens with zero attached hydrogens (tertiary/aromatic N) is 1. The van der Waals surface area contributed by atoms with Gasteiger partial charge in [0.2, 0.25) is 5.91 Å². The van der Waals surface area contributed by atoms with Crippen LogP contribution in [0.1, 0.15) is 33.1 Å². The molecule has 24 heavy (non-hydrogen) atoms. The van der Waals surface area contributed by atoms with Crippen LogP contribution in [-0.2, 0) is 9.59 Å². The summed E-state index contributed by atoms with van der Waals surface area (Å²) in [5.74, 6) is -2.40. The number of aliphatic carboxylic acids is 1. The van der Waals surface area contributed by atoms with Crippen LogP contribution in [0.5, 0.6) is 0 Å². The number of hydrogen-bond donors (Lipinski definition) is 2. The van der Waals surface area contributed by atoms with Gasteiger partial charge in [0.15, 0.2) is 0 Å². The Morgan fingerprint density at radius 2 is 2.04 bits per heavy atom. The zero-order valence-corrected chi connectivity index (χ0v) is 13.8. The van der Waals surface area contributed by atoms with Gasteiger partial charge in [-0.05, 0) is 24.0 Å². The number of carbonyl (C=O) groups excluding carboxylic acids is 1. The fraction of sp³-hybridized carbons (Fsp3) is 0.529. The van der Waals surface area contributed by atoms with E-state index in [1.807, 2.05) is 0 Å². The van der Waals surface area contributed by atoms with Crippen LogP contribution < -0.4 is 10.2 Å². The fourth-order valence-corrected chi connectivity index (χ4v) is 3.02. The van der Waals surface area contributed by atoms with E-state index in [4.69, 9.17) is 5.11 Å². The largest absolute Gasteiger partial charge is 0.481 e. The topological polar surface area (TPSA) is 69.6 Å². The minimum absolute atomic E-state index is 0.0853. The van der Waals surface area contributed by atoms with E-state index in [2.05, 4.69) is 5.32 Å². The number of rotatable bonds is 6. The third-order valence-corrected chi connectivity index (χ3v) is 4.07. The molecule has 7 heteroatoms. The first-order chi connectivity index (χ1) is 11.2. The van der Waals surface area contributed by atoms with Gasteiger partial charge in [-0.1, -0.05) is 13.8 Å². The maximum Gasteiger partial charge on any atom is 0.303 e. The van der Waals surface area contributed by atoms with E-state index < -0.39 is 23.0 Å². The summed E-state index contributed by atoms with van der Waals surface area (Å²) < 4.78 is 26.8. The predicted molar refractivity (Wildman–Crippen MR) is 85.8 cm³/mol. The van der Waals surface area contributed by atoms with Crippen molar-refractivity contribution in [1.29, 1.82) is 0 Å². The van der Waals surface area contributed by atoms with Gasteiger partial charge in [0.25, 0.3) is 0 Å². The Bertz CT molecular complexity index is 634. The third kappa shape index (κ3) is 4.91. The fourth-order valence-electron chi connectivity index (χ4n) is 3.02. The summed E-state index contributed by atoms with van der Waals surface area (Å²) in [6.45, 7) is 4.46. The Hall–Kier alpha value is -2.18. The second-order valence-electron chi connectivity index (χ2n) is 7.01. The van der Waals surface area contributed by atoms with Gasteiger partial charge in [-0.3, -0.25) is 9.59 Å². The summed E-state index contributed by atoms with van der Waals surface area (Å²) >= 11 is 0. The second-order valence-corrected chi connectivity index (χ2v) is 7.01. The number of benzene rings is 1. The molecule has 132 valence electrons. The van der Waals surface area contributed by atoms with E-state index in [0.29, 0.717) is 25.2 Å². The molecule has 0 spiro atoms. The van der Waals surface area contributed by atoms with Gasteiger partial charge < -0.3 is 15.3 Å². The van der Waals surface area contributed by atoms with Crippen LogP contribution >= 0.6 is 0 Å². The number of hydrogen-bond acceptors (Lipinski definition) is 3. The molecule has 0 saturated carbocycles. The Balaban J connectivity index is 1.89. The molecule has 1 amide bonds. The molecule has 1 aromatic rings. The maximum absolute atomic E-state index is 13.8. The molecule has 1 aromatic carbocycles. The van der Waals surface area contributed by atoms with Gasteiger partial charge in [0.1, 0.15) is 11.6 Å². The highest BCUT2D eigenvalue weighted by Crippen LogP contribution is 2.26. The smallest absolute Gasteiger partial charge is 0.303 e. The van der Waals surface area contributed by atoms with Crippen molar-refractivity contribution in [3.63, 3.8) is 0 Å². The zero-order chi connectivity index (χ0) is 17.9. The average Bonchev–Trinajstić information content (AvgIpc) is 2.84. The van der Waals surface area contributed by atoms with Crippen LogP contribution in [-0.4, -0.2) is 36.1 Å². The summed E-state index contributed by atoms with van der Waals surface area (Å²) in [6, 6.07) is 3.31. The number of carboxylic acids is 1. The molecule has 0 aromatic heterocycles. The van der Waals surface area contributed by atoms with Crippen molar-refractivity contribution in [1.82, 2.24) is 5.32 Å². The lowest BCUT2D eigenvalue weighted by Gasteiger charge is -2.23. The standard InChI is InChI=1S/C17H22F2N2O3/c1-17(2,9-16(23)24)8-15(22)20-12-5-6-21(10-12)14-4-3-11(18)7-13(14)19/h3-4,7,12H,5-6,8-10H2,1-2H3,(H,20,22)(H,23,24). The van der Waals surface area contributed by atoms with Gasteiger partial charge in [0, 0.05) is 31.6 Å². The summed E-state index contributed by atoms with van der Waals surface area (Å²) in [7, 11) is 0. The minimum atomic E-state index is -0.938. The lowest BCUT2D eigenvalue weighted by Crippen LogP contribution is -2.39. The Labute approximate surface area is 139 Å². The first kappa shape index (κ1) is 18.2. The SMILES string of the molecule is CC(C)(CC(=O)O)CC(=O)NC1CCN(c2ccc(F)cc2F)C1. The third-order valence-electron chi connectivity index (χ3n) is 4.07. The molecule has 0 bridgehead atoms. The molecule has 1 unspecified atom stereocenters. The molecular weight excluding hydrogens is 318 g/mol. The number of amides is 1. The van der Waals surface area contributed by atoms with Crippen molar-refractivity contribution in [2.75, 3.05) is 18.0 Å². The number of nitrogens with one attached hydrogen (secondary N) is 1. The molecule has 1 saturated heterocycles. The number of carbonyl (C=O) groups is 2. The van der Waals surface area contributed by atoms with Gasteiger partial charge in [0.05, 0.1) is 12.1 Å². The van der Waals surface area contributed by atoms with Crippen LogP contribution in [0.2, 0.25) is 0 Å². The normalized spacial score (nSPS) is 17.8. The molecule has 1 atom stereocenters. The van der Waals surface area contributed by atoms with Crippen LogP contribution in [0.25, 0.3) is 0 Å². The van der Waals surface area contributed by atoms with Crippen molar-refractivity contribution in [3.05, 3.63) is 29.8 Å². The van der Waals surface area contributed by atoms with E-state index in [-0.39, 0.29) is 24.8 Å². The molecule has 1 aliphatic rings. The predicted octanol–water partition coefficient (Wildman–Crippen LogP) is 2.55. The summed E-state index contributed by atoms with van der Waals surface area (Å²) in [4.78, 5) is 24.7. The molecule has 0 radical (unpaired) electrons. The molecule has 2 rings (SSSR count). The highest BCUT2D eigenvalue weighted by atomic mass is 19.1. The molecule has 1 heterocycles. The Morgan fingerprint density at radius 1 is 1.33 bits per heavy atom. The zero-order valence-electron chi connectivity index (χ0n) is 13.8. The maximum atomic E-state index is 13.8. The lowest BCUT2D eigenvalue weighted by atomic mass is 9.85. The molecule has 2 N–H and O–H groups in total. The Kier molecular flexibility index (Phi) is 5.41. The van der Waals surface area contributed by atoms with E-state index >= 15 is 0 Å². The minimum Gasteiger partial charge on any atom is -0.481 e. The van der Waals surface area contributed by atoms with E-state index in [0.717, 1.165) is 6.07 Å². The van der Waals surface area contributed by atoms with E-state index in [1.165, 1.54) is 12.1 Å². The molecule has 1 aliphatic heterocycles. The highest BCUT2D eigenvalue weighted by molar-refractivity contribution is 5.78. The van der Waals surface area contributed by atoms with Crippen LogP contribution in [0, 0.1) is 17.0 Å². The monoisotopic (exact) mass is 340 g/mol. The van der Waals surface area contributed by atoms with Crippen molar-refractivity contribution in [2.45, 2.75) is 39.2 Å². The van der Waals surface area contributed by atoms with Crippen LogP contribution in [0.4, 0.5) is 14.5 Å². The molecule has 5 nitrogen and oxygen atoms in total. The first-order valence-electron chi connectivity index (χ1n) is 7.87. The summed E-state index contributed by atoms with van der Waals surface area (Å²) in [6.07, 6.45) is 0.681. The van der Waals surface area contributed by atoms with Crippen molar-refractivity contribution >= 4 is 17.6 Å². The van der Waals surface area contributed by atoms with Crippen LogP contribution in [0.3, 0.4) is 0 Å². The van der Waals surface area contributed by atoms with Crippen molar-refractivity contribution < 1.29 is 23.5 Å². The van der Waals surface area contributed by atoms with Crippen molar-refractivity contribution in [3.8, 4) is 0 Å². The van der Waals surface area contributed by atoms with E-state index in [9.17, 15) is 18.4 Å². The molecule has 1 fully saturated rings. The summed E-state index contributed by atoms with van der Waals surface area (Å²) in [5.41, 5.74) is -0.309. The number of carboxylic acid groups (broad SMARTS) is 1. The van der Waals surface area contributed by atoms with Gasteiger partial charge in [-0.15, -0.1) is 0 Å². The van der Waals surface area contributed by atoms with Crippen molar-refractivity contribution in [2.24, 2.45) is 5.41 Å². The average molecular weight is 340 g/mol. The van der Waals surface area contributed by atoms with E-state index in [1.54, 1.807) is 18.7 Å². The quantitative estimate of drug-likeness (QED) is 0.835. The Morgan fingerprint density at radius 3 is 2.67 bits per heavy atom. The lowest BCUT2D eigenvalue weighted by molar-refractivity contribution is -0.139. The van der Waals surface area contributed by atoms with Gasteiger partial charge in [-0.2, -0.15) is 0 Å². The first-order valence-corrected chi connectivity index (χ1v) is 7.87. The number of anilines is 1.